The largest absolute Gasteiger partial charge is 0.310 e. The summed E-state index contributed by atoms with van der Waals surface area (Å²) < 4.78 is 1.90. The van der Waals surface area contributed by atoms with Crippen LogP contribution in [-0.2, 0) is 16.3 Å². The van der Waals surface area contributed by atoms with Crippen molar-refractivity contribution in [1.82, 2.24) is 9.78 Å². The van der Waals surface area contributed by atoms with Crippen molar-refractivity contribution < 1.29 is 4.79 Å². The summed E-state index contributed by atoms with van der Waals surface area (Å²) in [4.78, 5) is 12.2. The number of thioether (sulfide) groups is 1. The van der Waals surface area contributed by atoms with Crippen LogP contribution in [0.3, 0.4) is 0 Å². The van der Waals surface area contributed by atoms with Crippen LogP contribution in [0.25, 0.3) is 5.69 Å². The number of nitrogens with one attached hydrogen (secondary N) is 1. The first-order chi connectivity index (χ1) is 10.6. The number of aryl methyl sites for hydroxylation is 1. The molecule has 2 heterocycles. The molecule has 0 radical (unpaired) electrons. The zero-order chi connectivity index (χ0) is 15.7. The number of hydrogen-bond donors (Lipinski definition) is 1. The minimum Gasteiger partial charge on any atom is -0.310 e. The third kappa shape index (κ3) is 2.90. The molecule has 2 aromatic rings. The number of carbonyl (C=O) groups is 1. The third-order valence-corrected chi connectivity index (χ3v) is 4.72. The molecule has 0 aliphatic carbocycles. The Balaban J connectivity index is 2.01. The molecule has 1 aromatic heterocycles. The molecule has 1 N–H and O–H groups in total. The number of para-hydroxylation sites is 1. The molecule has 0 unspecified atom stereocenters. The molecular weight excluding hydrogens is 294 g/mol. The van der Waals surface area contributed by atoms with Gasteiger partial charge in [-0.15, -0.1) is 0 Å². The van der Waals surface area contributed by atoms with E-state index in [1.165, 1.54) is 5.56 Å². The second-order valence-electron chi connectivity index (χ2n) is 6.11. The number of amides is 1. The number of rotatable bonds is 4. The van der Waals surface area contributed by atoms with Crippen molar-refractivity contribution in [3.05, 3.63) is 41.1 Å². The predicted octanol–water partition coefficient (Wildman–Crippen LogP) is 3.91. The van der Waals surface area contributed by atoms with Gasteiger partial charge in [0.05, 0.1) is 11.4 Å². The number of carbonyl (C=O) groups excluding carboxylic acids is 1. The first kappa shape index (κ1) is 15.2. The summed E-state index contributed by atoms with van der Waals surface area (Å²) in [5, 5.41) is 7.83. The Morgan fingerprint density at radius 2 is 2.14 bits per heavy atom. The van der Waals surface area contributed by atoms with Gasteiger partial charge in [-0.25, -0.2) is 4.68 Å². The number of aromatic nitrogens is 2. The highest BCUT2D eigenvalue weighted by Crippen LogP contribution is 2.36. The van der Waals surface area contributed by atoms with Gasteiger partial charge >= 0.3 is 0 Å². The maximum absolute atomic E-state index is 12.2. The first-order valence-electron chi connectivity index (χ1n) is 7.60. The zero-order valence-corrected chi connectivity index (χ0v) is 14.0. The minimum atomic E-state index is 0.0597. The quantitative estimate of drug-likeness (QED) is 0.930. The summed E-state index contributed by atoms with van der Waals surface area (Å²) in [5.41, 5.74) is 4.44. The van der Waals surface area contributed by atoms with Crippen LogP contribution in [-0.4, -0.2) is 15.7 Å². The van der Waals surface area contributed by atoms with Crippen LogP contribution < -0.4 is 5.32 Å². The molecule has 0 bridgehead atoms. The molecule has 116 valence electrons. The molecule has 0 spiro atoms. The second-order valence-corrected chi connectivity index (χ2v) is 7.10. The molecule has 1 aliphatic heterocycles. The molecule has 0 fully saturated rings. The molecule has 1 aromatic carbocycles. The number of hydrogen-bond acceptors (Lipinski definition) is 3. The summed E-state index contributed by atoms with van der Waals surface area (Å²) in [6, 6.07) is 8.13. The van der Waals surface area contributed by atoms with Crippen LogP contribution in [0.15, 0.2) is 24.3 Å². The van der Waals surface area contributed by atoms with Crippen LogP contribution >= 0.6 is 11.8 Å². The van der Waals surface area contributed by atoms with Crippen molar-refractivity contribution in [2.24, 2.45) is 5.92 Å². The number of nitrogens with zero attached hydrogens (tertiary/aromatic N) is 2. The smallest absolute Gasteiger partial charge is 0.225 e. The van der Waals surface area contributed by atoms with Crippen molar-refractivity contribution in [3.63, 3.8) is 0 Å². The van der Waals surface area contributed by atoms with E-state index in [4.69, 9.17) is 5.10 Å². The summed E-state index contributed by atoms with van der Waals surface area (Å²) in [5.74, 6) is 3.08. The van der Waals surface area contributed by atoms with Crippen LogP contribution in [0, 0.1) is 12.8 Å². The molecular formula is C17H21N3OS. The summed E-state index contributed by atoms with van der Waals surface area (Å²) >= 11 is 1.85. The Labute approximate surface area is 135 Å². The molecule has 22 heavy (non-hydrogen) atoms. The minimum absolute atomic E-state index is 0.0597. The first-order valence-corrected chi connectivity index (χ1v) is 8.76. The van der Waals surface area contributed by atoms with Gasteiger partial charge in [0.15, 0.2) is 0 Å². The van der Waals surface area contributed by atoms with Gasteiger partial charge in [0.2, 0.25) is 5.91 Å². The lowest BCUT2D eigenvalue weighted by molar-refractivity contribution is -0.116. The van der Waals surface area contributed by atoms with Gasteiger partial charge in [-0.1, -0.05) is 32.0 Å². The molecule has 4 nitrogen and oxygen atoms in total. The molecule has 0 saturated carbocycles. The topological polar surface area (TPSA) is 46.9 Å². The molecule has 5 heteroatoms. The van der Waals surface area contributed by atoms with E-state index in [1.54, 1.807) is 0 Å². The highest BCUT2D eigenvalue weighted by atomic mass is 32.2. The van der Waals surface area contributed by atoms with Crippen LogP contribution in [0.5, 0.6) is 0 Å². The van der Waals surface area contributed by atoms with Crippen molar-refractivity contribution in [2.75, 3.05) is 5.32 Å². The maximum atomic E-state index is 12.2. The monoisotopic (exact) mass is 315 g/mol. The summed E-state index contributed by atoms with van der Waals surface area (Å²) in [7, 11) is 0. The van der Waals surface area contributed by atoms with Crippen LogP contribution in [0.4, 0.5) is 5.82 Å². The SMILES string of the molecule is Cc1ccccc1-n1nc2c(c1NC(=O)CC(C)C)CSC2. The highest BCUT2D eigenvalue weighted by molar-refractivity contribution is 7.98. The highest BCUT2D eigenvalue weighted by Gasteiger charge is 2.25. The van der Waals surface area contributed by atoms with Gasteiger partial charge in [-0.2, -0.15) is 16.9 Å². The fourth-order valence-electron chi connectivity index (χ4n) is 2.67. The van der Waals surface area contributed by atoms with Crippen LogP contribution in [0.1, 0.15) is 37.1 Å². The average molecular weight is 315 g/mol. The summed E-state index contributed by atoms with van der Waals surface area (Å²) in [6.07, 6.45) is 0.529. The fourth-order valence-corrected chi connectivity index (χ4v) is 3.71. The Morgan fingerprint density at radius 3 is 2.86 bits per heavy atom. The van der Waals surface area contributed by atoms with E-state index >= 15 is 0 Å². The van der Waals surface area contributed by atoms with Crippen molar-refractivity contribution >= 4 is 23.5 Å². The van der Waals surface area contributed by atoms with Crippen LogP contribution in [0.2, 0.25) is 0 Å². The molecule has 1 amide bonds. The lowest BCUT2D eigenvalue weighted by Crippen LogP contribution is -2.17. The lowest BCUT2D eigenvalue weighted by atomic mass is 10.1. The second kappa shape index (κ2) is 6.16. The predicted molar refractivity (Wildman–Crippen MR) is 91.4 cm³/mol. The normalized spacial score (nSPS) is 13.5. The fraction of sp³-hybridized carbons (Fsp3) is 0.412. The molecule has 0 saturated heterocycles. The lowest BCUT2D eigenvalue weighted by Gasteiger charge is -2.13. The Hall–Kier alpha value is -1.75. The average Bonchev–Trinajstić information content (AvgIpc) is 3.01. The number of anilines is 1. The number of benzene rings is 1. The Morgan fingerprint density at radius 1 is 1.36 bits per heavy atom. The molecule has 1 aliphatic rings. The zero-order valence-electron chi connectivity index (χ0n) is 13.2. The van der Waals surface area contributed by atoms with Gasteiger partial charge in [0.1, 0.15) is 5.82 Å². The Bertz CT molecular complexity index is 706. The van der Waals surface area contributed by atoms with Crippen molar-refractivity contribution in [1.29, 1.82) is 0 Å². The number of fused-ring (bicyclic) bond motifs is 1. The van der Waals surface area contributed by atoms with Crippen molar-refractivity contribution in [2.45, 2.75) is 38.7 Å². The van der Waals surface area contributed by atoms with Crippen molar-refractivity contribution in [3.8, 4) is 5.69 Å². The van der Waals surface area contributed by atoms with Gasteiger partial charge in [0, 0.05) is 23.5 Å². The third-order valence-electron chi connectivity index (χ3n) is 3.75. The van der Waals surface area contributed by atoms with E-state index in [9.17, 15) is 4.79 Å². The van der Waals surface area contributed by atoms with E-state index in [2.05, 4.69) is 32.2 Å². The molecule has 0 atom stereocenters. The maximum Gasteiger partial charge on any atom is 0.225 e. The van der Waals surface area contributed by atoms with E-state index in [1.807, 2.05) is 34.6 Å². The van der Waals surface area contributed by atoms with E-state index in [0.29, 0.717) is 12.3 Å². The van der Waals surface area contributed by atoms with E-state index < -0.39 is 0 Å². The van der Waals surface area contributed by atoms with E-state index in [-0.39, 0.29) is 5.91 Å². The molecule has 3 rings (SSSR count). The van der Waals surface area contributed by atoms with Gasteiger partial charge in [0.25, 0.3) is 0 Å². The standard InChI is InChI=1S/C17H21N3OS/c1-11(2)8-16(21)18-17-13-9-22-10-14(13)19-20(17)15-7-5-4-6-12(15)3/h4-7,11H,8-10H2,1-3H3,(H,18,21). The van der Waals surface area contributed by atoms with Gasteiger partial charge in [-0.3, -0.25) is 4.79 Å². The summed E-state index contributed by atoms with van der Waals surface area (Å²) in [6.45, 7) is 6.17. The van der Waals surface area contributed by atoms with Gasteiger partial charge in [-0.05, 0) is 24.5 Å². The van der Waals surface area contributed by atoms with E-state index in [0.717, 1.165) is 34.3 Å². The Kier molecular flexibility index (Phi) is 4.25. The van der Waals surface area contributed by atoms with Gasteiger partial charge < -0.3 is 5.32 Å².